The summed E-state index contributed by atoms with van der Waals surface area (Å²) in [6.07, 6.45) is 4.88. The lowest BCUT2D eigenvalue weighted by Crippen LogP contribution is -2.35. The second-order valence-electron chi connectivity index (χ2n) is 9.39. The van der Waals surface area contributed by atoms with Crippen molar-refractivity contribution >= 4 is 57.3 Å². The number of halogens is 2. The van der Waals surface area contributed by atoms with Crippen LogP contribution in [0.15, 0.2) is 59.1 Å². The summed E-state index contributed by atoms with van der Waals surface area (Å²) in [4.78, 5) is 32.1. The Morgan fingerprint density at radius 1 is 1.43 bits per heavy atom. The monoisotopic (exact) mass is 702 g/mol. The molecule has 2 aromatic rings. The Hall–Kier alpha value is -1.93. The summed E-state index contributed by atoms with van der Waals surface area (Å²) >= 11 is 4.42. The maximum atomic E-state index is 13.2. The van der Waals surface area contributed by atoms with Crippen LogP contribution in [0.3, 0.4) is 0 Å². The largest absolute Gasteiger partial charge is 0.444 e. The number of ether oxygens (including phenoxy) is 1. The molecule has 0 bridgehead atoms. The molecule has 8 nitrogen and oxygen atoms in total. The number of rotatable bonds is 8. The summed E-state index contributed by atoms with van der Waals surface area (Å²) in [6, 6.07) is 7.69. The number of aromatic nitrogens is 1. The molecule has 2 fully saturated rings. The van der Waals surface area contributed by atoms with Gasteiger partial charge in [0.15, 0.2) is 5.69 Å². The van der Waals surface area contributed by atoms with Crippen molar-refractivity contribution in [2.24, 2.45) is 11.3 Å². The van der Waals surface area contributed by atoms with Gasteiger partial charge in [0.2, 0.25) is 11.8 Å². The van der Waals surface area contributed by atoms with Crippen LogP contribution in [0.5, 0.6) is 0 Å². The minimum atomic E-state index is -0.461. The van der Waals surface area contributed by atoms with Crippen LogP contribution >= 0.6 is 45.5 Å². The van der Waals surface area contributed by atoms with Crippen molar-refractivity contribution in [1.82, 2.24) is 18.3 Å². The van der Waals surface area contributed by atoms with Crippen LogP contribution < -0.4 is 5.32 Å². The van der Waals surface area contributed by atoms with E-state index in [1.54, 1.807) is 4.90 Å². The lowest BCUT2D eigenvalue weighted by molar-refractivity contribution is -0.132. The Morgan fingerprint density at radius 3 is 2.89 bits per heavy atom. The maximum absolute atomic E-state index is 13.2. The molecule has 1 unspecified atom stereocenters. The summed E-state index contributed by atoms with van der Waals surface area (Å²) < 4.78 is 14.1. The Bertz CT molecular complexity index is 1150. The summed E-state index contributed by atoms with van der Waals surface area (Å²) in [5.41, 5.74) is 1.39. The fourth-order valence-electron chi connectivity index (χ4n) is 4.03. The van der Waals surface area contributed by atoms with Crippen LogP contribution in [0.1, 0.15) is 37.2 Å². The molecule has 0 radical (unpaired) electrons. The van der Waals surface area contributed by atoms with Crippen LogP contribution in [-0.2, 0) is 9.53 Å². The summed E-state index contributed by atoms with van der Waals surface area (Å²) in [5.74, 6) is 0.339. The first-order valence-corrected chi connectivity index (χ1v) is 13.4. The molecule has 1 aromatic heterocycles. The van der Waals surface area contributed by atoms with Gasteiger partial charge < -0.3 is 22.5 Å². The molecule has 2 amide bonds. The number of carbonyl (C=O) groups is 2. The Morgan fingerprint density at radius 2 is 2.23 bits per heavy atom. The van der Waals surface area contributed by atoms with Gasteiger partial charge in [-0.25, -0.2) is 4.98 Å². The summed E-state index contributed by atoms with van der Waals surface area (Å²) in [7, 11) is 0. The molecule has 1 aromatic carbocycles. The van der Waals surface area contributed by atoms with Gasteiger partial charge in [-0.15, -0.1) is 0 Å². The van der Waals surface area contributed by atoms with E-state index < -0.39 is 11.3 Å². The number of hydrogen-bond acceptors (Lipinski definition) is 6. The van der Waals surface area contributed by atoms with E-state index in [0.717, 1.165) is 41.7 Å². The van der Waals surface area contributed by atoms with Crippen molar-refractivity contribution in [3.63, 3.8) is 0 Å². The number of benzene rings is 1. The summed E-state index contributed by atoms with van der Waals surface area (Å²) in [5, 5.41) is 2.92. The van der Waals surface area contributed by atoms with Gasteiger partial charge in [0.1, 0.15) is 6.26 Å². The molecule has 0 aliphatic carbocycles. The molecule has 2 aliphatic rings. The lowest BCUT2D eigenvalue weighted by Gasteiger charge is -2.25. The van der Waals surface area contributed by atoms with Crippen molar-refractivity contribution in [2.75, 3.05) is 26.3 Å². The predicted molar refractivity (Wildman–Crippen MR) is 149 cm³/mol. The van der Waals surface area contributed by atoms with Crippen LogP contribution in [0.25, 0.3) is 11.5 Å². The highest BCUT2D eigenvalue weighted by molar-refractivity contribution is 14.1. The van der Waals surface area contributed by atoms with Gasteiger partial charge in [-0.1, -0.05) is 26.5 Å². The van der Waals surface area contributed by atoms with E-state index in [9.17, 15) is 9.59 Å². The average molecular weight is 702 g/mol. The first kappa shape index (κ1) is 26.1. The second-order valence-corrected chi connectivity index (χ2v) is 11.9. The van der Waals surface area contributed by atoms with Crippen LogP contribution in [0, 0.1) is 14.9 Å². The third-order valence-electron chi connectivity index (χ3n) is 6.20. The molecule has 4 rings (SSSR count). The molecule has 1 N–H and O–H groups in total. The molecule has 0 spiro atoms. The molecular formula is C25H28I2N4O4. The zero-order valence-electron chi connectivity index (χ0n) is 19.7. The molecule has 10 heteroatoms. The van der Waals surface area contributed by atoms with Crippen molar-refractivity contribution in [3.05, 3.63) is 64.0 Å². The maximum Gasteiger partial charge on any atom is 0.277 e. The first-order chi connectivity index (χ1) is 16.6. The highest BCUT2D eigenvalue weighted by Gasteiger charge is 2.40. The van der Waals surface area contributed by atoms with Gasteiger partial charge in [-0.3, -0.25) is 9.59 Å². The van der Waals surface area contributed by atoms with Crippen LogP contribution in [0.4, 0.5) is 0 Å². The van der Waals surface area contributed by atoms with Crippen molar-refractivity contribution in [2.45, 2.75) is 26.7 Å². The van der Waals surface area contributed by atoms with E-state index >= 15 is 0 Å². The SMILES string of the molecule is C=C(/C(=C\N(I)CC1CCOC1)NC(=O)c1coc(-c2cccc(I)c2)n1)N1CCC(C)(C)C1=O. The van der Waals surface area contributed by atoms with Gasteiger partial charge in [0.25, 0.3) is 5.91 Å². The lowest BCUT2D eigenvalue weighted by atomic mass is 9.92. The van der Waals surface area contributed by atoms with Gasteiger partial charge in [-0.2, -0.15) is 0 Å². The number of nitrogens with zero attached hydrogens (tertiary/aromatic N) is 3. The number of oxazole rings is 1. The predicted octanol–water partition coefficient (Wildman–Crippen LogP) is 4.98. The van der Waals surface area contributed by atoms with Gasteiger partial charge in [-0.05, 0) is 53.6 Å². The van der Waals surface area contributed by atoms with Crippen molar-refractivity contribution in [3.8, 4) is 11.5 Å². The number of amides is 2. The molecule has 2 aliphatic heterocycles. The number of carbonyl (C=O) groups excluding carboxylic acids is 2. The second kappa shape index (κ2) is 11.0. The van der Waals surface area contributed by atoms with E-state index in [1.165, 1.54) is 6.26 Å². The topological polar surface area (TPSA) is 87.9 Å². The molecule has 2 saturated heterocycles. The zero-order valence-corrected chi connectivity index (χ0v) is 24.0. The fourth-order valence-corrected chi connectivity index (χ4v) is 5.41. The molecule has 3 heterocycles. The Balaban J connectivity index is 1.55. The minimum Gasteiger partial charge on any atom is -0.444 e. The number of nitrogens with one attached hydrogen (secondary N) is 1. The molecule has 1 atom stereocenters. The smallest absolute Gasteiger partial charge is 0.277 e. The highest BCUT2D eigenvalue weighted by Crippen LogP contribution is 2.34. The van der Waals surface area contributed by atoms with Gasteiger partial charge >= 0.3 is 0 Å². The zero-order chi connectivity index (χ0) is 25.2. The quantitative estimate of drug-likeness (QED) is 0.238. The van der Waals surface area contributed by atoms with E-state index in [2.05, 4.69) is 62.3 Å². The molecule has 0 saturated carbocycles. The van der Waals surface area contributed by atoms with Crippen LogP contribution in [0.2, 0.25) is 0 Å². The average Bonchev–Trinajstić information content (AvgIpc) is 3.55. The Labute approximate surface area is 232 Å². The molecule has 35 heavy (non-hydrogen) atoms. The van der Waals surface area contributed by atoms with E-state index in [-0.39, 0.29) is 11.6 Å². The number of likely N-dealkylation sites (tertiary alicyclic amines) is 1. The minimum absolute atomic E-state index is 0.00532. The Kier molecular flexibility index (Phi) is 8.21. The third-order valence-corrected chi connectivity index (χ3v) is 7.55. The molecular weight excluding hydrogens is 674 g/mol. The first-order valence-electron chi connectivity index (χ1n) is 11.4. The standard InChI is InChI=1S/C25H28I2N4O4/c1-16(31-9-8-25(2,3)24(31)33)20(13-30(27)12-17-7-10-34-14-17)28-22(32)21-15-35-23(29-21)18-5-4-6-19(26)11-18/h4-6,11,13,15,17H,1,7-10,12,14H2,2-3H3,(H,28,32)/b20-13+. The normalized spacial score (nSPS) is 19.8. The van der Waals surface area contributed by atoms with Crippen LogP contribution in [-0.4, -0.2) is 51.1 Å². The van der Waals surface area contributed by atoms with Crippen molar-refractivity contribution in [1.29, 1.82) is 0 Å². The summed E-state index contributed by atoms with van der Waals surface area (Å²) in [6.45, 7) is 10.8. The van der Waals surface area contributed by atoms with Gasteiger partial charge in [0.05, 0.1) is 40.9 Å². The van der Waals surface area contributed by atoms with E-state index in [1.807, 2.05) is 47.4 Å². The molecule has 186 valence electrons. The van der Waals surface area contributed by atoms with Gasteiger partial charge in [0, 0.05) is 46.4 Å². The fraction of sp³-hybridized carbons (Fsp3) is 0.400. The third kappa shape index (κ3) is 6.26. The number of hydrogen-bond donors (Lipinski definition) is 1. The van der Waals surface area contributed by atoms with Crippen molar-refractivity contribution < 1.29 is 18.7 Å². The van der Waals surface area contributed by atoms with E-state index in [0.29, 0.717) is 29.7 Å². The van der Waals surface area contributed by atoms with E-state index in [4.69, 9.17) is 9.15 Å². The highest BCUT2D eigenvalue weighted by atomic mass is 127.